The molecule has 0 saturated carbocycles. The molecule has 2 unspecified atom stereocenters. The molecule has 10 heteroatoms. The normalized spacial score (nSPS) is 22.1. The molecular formula is C18H27N7O3. The highest BCUT2D eigenvalue weighted by atomic mass is 16.5. The highest BCUT2D eigenvalue weighted by Crippen LogP contribution is 2.29. The number of H-pyrrole nitrogens is 1. The Hall–Kier alpha value is -2.46. The lowest BCUT2D eigenvalue weighted by Gasteiger charge is -2.33. The predicted octanol–water partition coefficient (Wildman–Crippen LogP) is 1.12. The first-order valence-electron chi connectivity index (χ1n) is 9.75. The fraction of sp³-hybridized carbons (Fsp3) is 0.667. The van der Waals surface area contributed by atoms with E-state index in [-0.39, 0.29) is 18.2 Å². The number of carbonyl (C=O) groups is 1. The average molecular weight is 389 g/mol. The Morgan fingerprint density at radius 2 is 2.39 bits per heavy atom. The summed E-state index contributed by atoms with van der Waals surface area (Å²) in [5.41, 5.74) is 2.19. The third kappa shape index (κ3) is 4.02. The minimum Gasteiger partial charge on any atom is -0.383 e. The van der Waals surface area contributed by atoms with Gasteiger partial charge >= 0.3 is 6.03 Å². The number of carbonyl (C=O) groups excluding carboxylic acids is 1. The first-order chi connectivity index (χ1) is 13.6. The summed E-state index contributed by atoms with van der Waals surface area (Å²) in [6.45, 7) is 4.63. The first kappa shape index (κ1) is 18.9. The molecule has 1 aliphatic heterocycles. The molecule has 0 radical (unpaired) electrons. The summed E-state index contributed by atoms with van der Waals surface area (Å²) in [5.74, 6) is 1.32. The summed E-state index contributed by atoms with van der Waals surface area (Å²) in [6.07, 6.45) is 4.70. The smallest absolute Gasteiger partial charge is 0.318 e. The highest BCUT2D eigenvalue weighted by Gasteiger charge is 2.31. The highest BCUT2D eigenvalue weighted by molar-refractivity contribution is 5.75. The van der Waals surface area contributed by atoms with Crippen LogP contribution >= 0.6 is 0 Å². The van der Waals surface area contributed by atoms with E-state index < -0.39 is 0 Å². The minimum absolute atomic E-state index is 0.0629. The lowest BCUT2D eigenvalue weighted by molar-refractivity contribution is -0.0202. The van der Waals surface area contributed by atoms with Crippen molar-refractivity contribution in [3.63, 3.8) is 0 Å². The molecule has 2 aromatic heterocycles. The van der Waals surface area contributed by atoms with Crippen molar-refractivity contribution in [1.82, 2.24) is 35.2 Å². The number of aryl methyl sites for hydroxylation is 2. The van der Waals surface area contributed by atoms with Gasteiger partial charge in [-0.2, -0.15) is 10.2 Å². The maximum atomic E-state index is 12.9. The van der Waals surface area contributed by atoms with E-state index in [1.54, 1.807) is 12.0 Å². The van der Waals surface area contributed by atoms with Crippen LogP contribution in [0, 0.1) is 6.92 Å². The maximum Gasteiger partial charge on any atom is 0.318 e. The number of amides is 2. The second-order valence-corrected chi connectivity index (χ2v) is 7.27. The van der Waals surface area contributed by atoms with Crippen LogP contribution in [0.2, 0.25) is 0 Å². The molecular weight excluding hydrogens is 362 g/mol. The standard InChI is InChI=1S/C18H27N7O3/c1-12-19-17(22-21-12)15-11-24(6-9-28-15)18(26)20-14-5-3-4-13-10-25(7-8-27-2)23-16(13)14/h10,14-15H,3-9,11H2,1-2H3,(H,20,26)(H,19,21,22). The van der Waals surface area contributed by atoms with Crippen molar-refractivity contribution in [2.45, 2.75) is 44.9 Å². The van der Waals surface area contributed by atoms with Crippen LogP contribution in [-0.4, -0.2) is 69.3 Å². The molecule has 2 aliphatic rings. The summed E-state index contributed by atoms with van der Waals surface area (Å²) < 4.78 is 12.8. The van der Waals surface area contributed by atoms with E-state index in [1.807, 2.05) is 11.6 Å². The summed E-state index contributed by atoms with van der Waals surface area (Å²) >= 11 is 0. The van der Waals surface area contributed by atoms with Crippen molar-refractivity contribution >= 4 is 6.03 Å². The van der Waals surface area contributed by atoms with E-state index in [1.165, 1.54) is 5.56 Å². The number of rotatable bonds is 5. The molecule has 2 amide bonds. The fourth-order valence-electron chi connectivity index (χ4n) is 3.77. The zero-order valence-electron chi connectivity index (χ0n) is 16.3. The van der Waals surface area contributed by atoms with Gasteiger partial charge in [-0.05, 0) is 31.7 Å². The van der Waals surface area contributed by atoms with Crippen LogP contribution in [-0.2, 0) is 22.4 Å². The molecule has 152 valence electrons. The van der Waals surface area contributed by atoms with Crippen molar-refractivity contribution in [3.8, 4) is 0 Å². The van der Waals surface area contributed by atoms with Crippen LogP contribution in [0.5, 0.6) is 0 Å². The van der Waals surface area contributed by atoms with Gasteiger partial charge in [-0.3, -0.25) is 9.78 Å². The molecule has 1 saturated heterocycles. The molecule has 3 heterocycles. The van der Waals surface area contributed by atoms with Crippen molar-refractivity contribution in [2.24, 2.45) is 0 Å². The topological polar surface area (TPSA) is 110 Å². The number of nitrogens with one attached hydrogen (secondary N) is 2. The number of morpholine rings is 1. The SMILES string of the molecule is COCCn1cc2c(n1)C(NC(=O)N1CCOC(c3n[nH]c(C)n3)C1)CCC2. The fourth-order valence-corrected chi connectivity index (χ4v) is 3.77. The minimum atomic E-state index is -0.306. The number of aromatic amines is 1. The molecule has 2 aromatic rings. The van der Waals surface area contributed by atoms with Gasteiger partial charge in [-0.1, -0.05) is 0 Å². The summed E-state index contributed by atoms with van der Waals surface area (Å²) in [6, 6.07) is -0.156. The molecule has 10 nitrogen and oxygen atoms in total. The molecule has 0 spiro atoms. The lowest BCUT2D eigenvalue weighted by Crippen LogP contribution is -2.48. The molecule has 28 heavy (non-hydrogen) atoms. The van der Waals surface area contributed by atoms with Gasteiger partial charge in [-0.15, -0.1) is 0 Å². The second-order valence-electron chi connectivity index (χ2n) is 7.27. The molecule has 0 bridgehead atoms. The van der Waals surface area contributed by atoms with Crippen LogP contribution in [0.3, 0.4) is 0 Å². The Balaban J connectivity index is 1.40. The molecule has 0 aromatic carbocycles. The van der Waals surface area contributed by atoms with Gasteiger partial charge < -0.3 is 19.7 Å². The van der Waals surface area contributed by atoms with Crippen LogP contribution in [0.15, 0.2) is 6.20 Å². The van der Waals surface area contributed by atoms with Gasteiger partial charge in [0.15, 0.2) is 5.82 Å². The molecule has 4 rings (SSSR count). The van der Waals surface area contributed by atoms with Crippen molar-refractivity contribution in [3.05, 3.63) is 29.1 Å². The van der Waals surface area contributed by atoms with Gasteiger partial charge in [-0.25, -0.2) is 9.78 Å². The monoisotopic (exact) mass is 389 g/mol. The van der Waals surface area contributed by atoms with E-state index in [2.05, 4.69) is 31.8 Å². The molecule has 2 N–H and O–H groups in total. The van der Waals surface area contributed by atoms with Gasteiger partial charge in [0.05, 0.1) is 38.0 Å². The van der Waals surface area contributed by atoms with Crippen molar-refractivity contribution in [1.29, 1.82) is 0 Å². The Morgan fingerprint density at radius 1 is 1.50 bits per heavy atom. The van der Waals surface area contributed by atoms with E-state index in [0.29, 0.717) is 38.7 Å². The second kappa shape index (κ2) is 8.27. The Morgan fingerprint density at radius 3 is 3.18 bits per heavy atom. The molecule has 1 aliphatic carbocycles. The van der Waals surface area contributed by atoms with Gasteiger partial charge in [0.2, 0.25) is 0 Å². The Bertz CT molecular complexity index is 818. The molecule has 2 atom stereocenters. The maximum absolute atomic E-state index is 12.9. The Labute approximate surface area is 163 Å². The first-order valence-corrected chi connectivity index (χ1v) is 9.75. The third-order valence-electron chi connectivity index (χ3n) is 5.22. The van der Waals surface area contributed by atoms with Crippen LogP contribution in [0.25, 0.3) is 0 Å². The number of ether oxygens (including phenoxy) is 2. The summed E-state index contributed by atoms with van der Waals surface area (Å²) in [5, 5.41) is 14.8. The Kier molecular flexibility index (Phi) is 5.58. The summed E-state index contributed by atoms with van der Waals surface area (Å²) in [4.78, 5) is 19.0. The van der Waals surface area contributed by atoms with Crippen molar-refractivity contribution < 1.29 is 14.3 Å². The van der Waals surface area contributed by atoms with Gasteiger partial charge in [0, 0.05) is 19.9 Å². The number of methoxy groups -OCH3 is 1. The number of nitrogens with zero attached hydrogens (tertiary/aromatic N) is 5. The van der Waals surface area contributed by atoms with Crippen LogP contribution in [0.1, 0.15) is 47.9 Å². The lowest BCUT2D eigenvalue weighted by atomic mass is 9.94. The number of urea groups is 1. The average Bonchev–Trinajstić information content (AvgIpc) is 3.33. The molecule has 1 fully saturated rings. The van der Waals surface area contributed by atoms with Crippen LogP contribution in [0.4, 0.5) is 4.79 Å². The quantitative estimate of drug-likeness (QED) is 0.793. The third-order valence-corrected chi connectivity index (χ3v) is 5.22. The van der Waals surface area contributed by atoms with Crippen molar-refractivity contribution in [2.75, 3.05) is 33.4 Å². The zero-order valence-corrected chi connectivity index (χ0v) is 16.3. The number of hydrogen-bond acceptors (Lipinski definition) is 6. The van der Waals surface area contributed by atoms with Gasteiger partial charge in [0.1, 0.15) is 11.9 Å². The largest absolute Gasteiger partial charge is 0.383 e. The number of fused-ring (bicyclic) bond motifs is 1. The predicted molar refractivity (Wildman–Crippen MR) is 99.7 cm³/mol. The van der Waals surface area contributed by atoms with E-state index >= 15 is 0 Å². The van der Waals surface area contributed by atoms with E-state index in [4.69, 9.17) is 9.47 Å². The zero-order chi connectivity index (χ0) is 19.5. The van der Waals surface area contributed by atoms with Gasteiger partial charge in [0.25, 0.3) is 0 Å². The van der Waals surface area contributed by atoms with E-state index in [9.17, 15) is 4.79 Å². The number of hydrogen-bond donors (Lipinski definition) is 2. The van der Waals surface area contributed by atoms with E-state index in [0.717, 1.165) is 30.8 Å². The summed E-state index contributed by atoms with van der Waals surface area (Å²) in [7, 11) is 1.68. The number of aromatic nitrogens is 5. The van der Waals surface area contributed by atoms with Crippen LogP contribution < -0.4 is 5.32 Å².